The molecule has 5 saturated carbocycles. The predicted octanol–water partition coefficient (Wildman–Crippen LogP) is 6.83. The van der Waals surface area contributed by atoms with E-state index in [1.807, 2.05) is 31.2 Å². The van der Waals surface area contributed by atoms with E-state index in [1.165, 1.54) is 54.8 Å². The normalized spacial score (nSPS) is 26.8. The Hall–Kier alpha value is -2.58. The summed E-state index contributed by atoms with van der Waals surface area (Å²) in [6, 6.07) is 14.5. The van der Waals surface area contributed by atoms with Gasteiger partial charge in [0.2, 0.25) is 21.8 Å². The van der Waals surface area contributed by atoms with E-state index in [0.29, 0.717) is 17.1 Å². The molecular formula is C36H48ClN3O4S. The van der Waals surface area contributed by atoms with E-state index < -0.39 is 22.0 Å². The van der Waals surface area contributed by atoms with Gasteiger partial charge in [0.05, 0.1) is 11.9 Å². The molecule has 2 amide bonds. The van der Waals surface area contributed by atoms with Crippen molar-refractivity contribution in [1.29, 1.82) is 0 Å². The Morgan fingerprint density at radius 1 is 0.911 bits per heavy atom. The molecule has 5 fully saturated rings. The van der Waals surface area contributed by atoms with Gasteiger partial charge in [0.25, 0.3) is 0 Å². The van der Waals surface area contributed by atoms with E-state index in [9.17, 15) is 18.0 Å². The molecule has 4 bridgehead atoms. The van der Waals surface area contributed by atoms with Crippen molar-refractivity contribution < 1.29 is 18.0 Å². The monoisotopic (exact) mass is 653 g/mol. The minimum Gasteiger partial charge on any atom is -0.352 e. The van der Waals surface area contributed by atoms with Gasteiger partial charge >= 0.3 is 0 Å². The number of nitrogens with one attached hydrogen (secondary N) is 1. The summed E-state index contributed by atoms with van der Waals surface area (Å²) in [6.45, 7) is 1.69. The fourth-order valence-electron chi connectivity index (χ4n) is 9.31. The maximum atomic E-state index is 14.2. The van der Waals surface area contributed by atoms with Crippen LogP contribution in [0.4, 0.5) is 5.69 Å². The Bertz CT molecular complexity index is 1440. The van der Waals surface area contributed by atoms with Crippen molar-refractivity contribution in [1.82, 2.24) is 10.2 Å². The molecule has 1 atom stereocenters. The third-order valence-electron chi connectivity index (χ3n) is 11.1. The Kier molecular flexibility index (Phi) is 9.54. The average Bonchev–Trinajstić information content (AvgIpc) is 3.00. The Morgan fingerprint density at radius 3 is 2.02 bits per heavy atom. The van der Waals surface area contributed by atoms with Gasteiger partial charge in [0.15, 0.2) is 0 Å². The molecule has 0 unspecified atom stereocenters. The van der Waals surface area contributed by atoms with E-state index in [1.54, 1.807) is 17.0 Å². The molecule has 0 radical (unpaired) electrons. The molecule has 45 heavy (non-hydrogen) atoms. The van der Waals surface area contributed by atoms with Crippen LogP contribution in [-0.4, -0.2) is 50.0 Å². The molecule has 244 valence electrons. The molecule has 7 nitrogen and oxygen atoms in total. The van der Waals surface area contributed by atoms with Crippen LogP contribution in [-0.2, 0) is 31.6 Å². The summed E-state index contributed by atoms with van der Waals surface area (Å²) in [5.41, 5.74) is 2.81. The van der Waals surface area contributed by atoms with Crippen molar-refractivity contribution in [2.24, 2.45) is 17.8 Å². The maximum absolute atomic E-state index is 14.2. The quantitative estimate of drug-likeness (QED) is 0.288. The van der Waals surface area contributed by atoms with Gasteiger partial charge in [-0.2, -0.15) is 0 Å². The van der Waals surface area contributed by atoms with Gasteiger partial charge in [0.1, 0.15) is 12.6 Å². The molecule has 5 aliphatic rings. The number of hydrogen-bond donors (Lipinski definition) is 1. The van der Waals surface area contributed by atoms with Gasteiger partial charge in [-0.1, -0.05) is 62.1 Å². The predicted molar refractivity (Wildman–Crippen MR) is 180 cm³/mol. The van der Waals surface area contributed by atoms with Gasteiger partial charge in [-0.05, 0) is 116 Å². The van der Waals surface area contributed by atoms with Crippen LogP contribution in [0.2, 0.25) is 5.02 Å². The highest BCUT2D eigenvalue weighted by Crippen LogP contribution is 2.60. The number of rotatable bonds is 11. The topological polar surface area (TPSA) is 86.8 Å². The van der Waals surface area contributed by atoms with E-state index >= 15 is 0 Å². The number of hydrogen-bond acceptors (Lipinski definition) is 4. The molecule has 0 aliphatic heterocycles. The van der Waals surface area contributed by atoms with E-state index in [0.717, 1.165) is 55.3 Å². The highest BCUT2D eigenvalue weighted by molar-refractivity contribution is 7.92. The van der Waals surface area contributed by atoms with Crippen molar-refractivity contribution in [3.8, 4) is 0 Å². The fraction of sp³-hybridized carbons (Fsp3) is 0.611. The van der Waals surface area contributed by atoms with Gasteiger partial charge < -0.3 is 10.2 Å². The summed E-state index contributed by atoms with van der Waals surface area (Å²) < 4.78 is 27.6. The highest BCUT2D eigenvalue weighted by Gasteiger charge is 2.51. The number of nitrogens with zero attached hydrogens (tertiary/aromatic N) is 2. The van der Waals surface area contributed by atoms with Crippen LogP contribution in [0.5, 0.6) is 0 Å². The zero-order valence-electron chi connectivity index (χ0n) is 26.7. The van der Waals surface area contributed by atoms with Crippen LogP contribution >= 0.6 is 11.6 Å². The van der Waals surface area contributed by atoms with Crippen LogP contribution in [0.3, 0.4) is 0 Å². The smallest absolute Gasteiger partial charge is 0.244 e. The van der Waals surface area contributed by atoms with Crippen LogP contribution in [0.1, 0.15) is 95.1 Å². The summed E-state index contributed by atoms with van der Waals surface area (Å²) in [5.74, 6) is 1.85. The van der Waals surface area contributed by atoms with Gasteiger partial charge in [-0.3, -0.25) is 13.9 Å². The van der Waals surface area contributed by atoms with Gasteiger partial charge in [0, 0.05) is 17.6 Å². The lowest BCUT2D eigenvalue weighted by Gasteiger charge is -2.57. The zero-order valence-corrected chi connectivity index (χ0v) is 28.3. The standard InChI is InChI=1S/C36H48ClN3O4S/c1-3-33(35(42)38-31-7-5-4-6-8-31)39(23-25-9-13-30(37)14-10-25)34(41)24-40(45(2,43)44)32-15-11-29(12-16-32)36-20-26-17-27(21-36)19-28(18-26)22-36/h9-16,26-28,31,33H,3-8,17-24H2,1-2H3,(H,38,42)/t26?,27?,28?,33-,36?/m1/s1. The third-order valence-corrected chi connectivity index (χ3v) is 12.5. The second-order valence-corrected chi connectivity index (χ2v) is 16.8. The summed E-state index contributed by atoms with van der Waals surface area (Å²) in [4.78, 5) is 29.3. The number of benzene rings is 2. The van der Waals surface area contributed by atoms with Crippen molar-refractivity contribution >= 4 is 39.1 Å². The largest absolute Gasteiger partial charge is 0.352 e. The van der Waals surface area contributed by atoms with Crippen LogP contribution < -0.4 is 9.62 Å². The summed E-state index contributed by atoms with van der Waals surface area (Å²) in [7, 11) is -3.79. The molecule has 0 spiro atoms. The Balaban J connectivity index is 1.24. The van der Waals surface area contributed by atoms with E-state index in [2.05, 4.69) is 17.4 Å². The van der Waals surface area contributed by atoms with Gasteiger partial charge in [-0.25, -0.2) is 8.42 Å². The molecule has 0 heterocycles. The number of amides is 2. The summed E-state index contributed by atoms with van der Waals surface area (Å²) >= 11 is 6.13. The highest BCUT2D eigenvalue weighted by atomic mass is 35.5. The number of halogens is 1. The first-order chi connectivity index (χ1) is 21.5. The molecule has 9 heteroatoms. The van der Waals surface area contributed by atoms with Crippen molar-refractivity contribution in [3.63, 3.8) is 0 Å². The average molecular weight is 654 g/mol. The van der Waals surface area contributed by atoms with Crippen LogP contribution in [0, 0.1) is 17.8 Å². The zero-order chi connectivity index (χ0) is 31.8. The Morgan fingerprint density at radius 2 is 1.49 bits per heavy atom. The van der Waals surface area contributed by atoms with Crippen molar-refractivity contribution in [2.75, 3.05) is 17.1 Å². The molecule has 0 saturated heterocycles. The molecule has 0 aromatic heterocycles. The molecule has 5 aliphatic carbocycles. The number of anilines is 1. The molecule has 1 N–H and O–H groups in total. The van der Waals surface area contributed by atoms with Crippen molar-refractivity contribution in [3.05, 3.63) is 64.7 Å². The lowest BCUT2D eigenvalue weighted by Crippen LogP contribution is -2.54. The fourth-order valence-corrected chi connectivity index (χ4v) is 10.3. The first-order valence-corrected chi connectivity index (χ1v) is 19.2. The second kappa shape index (κ2) is 13.3. The SMILES string of the molecule is CC[C@H](C(=O)NC1CCCCC1)N(Cc1ccc(Cl)cc1)C(=O)CN(c1ccc(C23CC4CC(CC(C4)C2)C3)cc1)S(C)(=O)=O. The minimum absolute atomic E-state index is 0.104. The second-order valence-electron chi connectivity index (χ2n) is 14.4. The third kappa shape index (κ3) is 7.22. The minimum atomic E-state index is -3.79. The van der Waals surface area contributed by atoms with Crippen LogP contribution in [0.25, 0.3) is 0 Å². The van der Waals surface area contributed by atoms with Crippen molar-refractivity contribution in [2.45, 2.75) is 108 Å². The lowest BCUT2D eigenvalue weighted by atomic mass is 9.48. The lowest BCUT2D eigenvalue weighted by molar-refractivity contribution is -0.140. The maximum Gasteiger partial charge on any atom is 0.244 e. The molecule has 2 aromatic carbocycles. The van der Waals surface area contributed by atoms with E-state index in [-0.39, 0.29) is 30.5 Å². The summed E-state index contributed by atoms with van der Waals surface area (Å²) in [5, 5.41) is 3.77. The number of carbonyl (C=O) groups is 2. The Labute approximate surface area is 274 Å². The molecule has 7 rings (SSSR count). The molecule has 2 aromatic rings. The number of carbonyl (C=O) groups excluding carboxylic acids is 2. The van der Waals surface area contributed by atoms with Crippen LogP contribution in [0.15, 0.2) is 48.5 Å². The first kappa shape index (κ1) is 32.4. The molecular weight excluding hydrogens is 606 g/mol. The van der Waals surface area contributed by atoms with E-state index in [4.69, 9.17) is 11.6 Å². The first-order valence-electron chi connectivity index (χ1n) is 17.0. The summed E-state index contributed by atoms with van der Waals surface area (Å²) in [6.07, 6.45) is 14.6. The van der Waals surface area contributed by atoms with Gasteiger partial charge in [-0.15, -0.1) is 0 Å². The number of sulfonamides is 1.